The topological polar surface area (TPSA) is 35.2 Å². The van der Waals surface area contributed by atoms with Crippen LogP contribution in [0.4, 0.5) is 0 Å². The first-order valence-electron chi connectivity index (χ1n) is 7.23. The Balaban J connectivity index is 1.90. The average Bonchev–Trinajstić information content (AvgIpc) is 2.36. The first-order valence-corrected chi connectivity index (χ1v) is 7.61. The lowest BCUT2D eigenvalue weighted by Gasteiger charge is -2.47. The molecule has 1 fully saturated rings. The summed E-state index contributed by atoms with van der Waals surface area (Å²) in [4.78, 5) is 0. The van der Waals surface area contributed by atoms with Gasteiger partial charge in [0.05, 0.1) is 0 Å². The smallest absolute Gasteiger partial charge is 0.125 e. The fourth-order valence-electron chi connectivity index (χ4n) is 3.63. The molecule has 0 radical (unpaired) electrons. The highest BCUT2D eigenvalue weighted by Gasteiger charge is 2.44. The third kappa shape index (κ3) is 2.36. The highest BCUT2D eigenvalue weighted by Crippen LogP contribution is 2.48. The molecule has 0 aromatic heterocycles. The predicted octanol–water partition coefficient (Wildman–Crippen LogP) is 4.32. The third-order valence-corrected chi connectivity index (χ3v) is 5.25. The van der Waals surface area contributed by atoms with Gasteiger partial charge in [-0.3, -0.25) is 0 Å². The number of hydrogen-bond donors (Lipinski definition) is 1. The van der Waals surface area contributed by atoms with Gasteiger partial charge in [0.2, 0.25) is 0 Å². The fourth-order valence-corrected chi connectivity index (χ4v) is 3.81. The van der Waals surface area contributed by atoms with E-state index >= 15 is 0 Å². The molecule has 1 heterocycles. The largest absolute Gasteiger partial charge is 0.487 e. The van der Waals surface area contributed by atoms with E-state index in [0.29, 0.717) is 5.92 Å². The van der Waals surface area contributed by atoms with E-state index in [4.69, 9.17) is 22.1 Å². The molecule has 104 valence electrons. The summed E-state index contributed by atoms with van der Waals surface area (Å²) in [5.41, 5.74) is 7.37. The molecule has 3 rings (SSSR count). The average molecular weight is 280 g/mol. The second kappa shape index (κ2) is 4.68. The Kier molecular flexibility index (Phi) is 3.26. The molecule has 3 heteroatoms. The van der Waals surface area contributed by atoms with Crippen molar-refractivity contribution in [1.29, 1.82) is 0 Å². The molecule has 1 spiro atoms. The Morgan fingerprint density at radius 1 is 1.26 bits per heavy atom. The van der Waals surface area contributed by atoms with Gasteiger partial charge in [0.15, 0.2) is 0 Å². The van der Waals surface area contributed by atoms with Crippen molar-refractivity contribution in [1.82, 2.24) is 0 Å². The molecule has 0 amide bonds. The Morgan fingerprint density at radius 2 is 2.05 bits per heavy atom. The van der Waals surface area contributed by atoms with Crippen LogP contribution in [0.15, 0.2) is 18.2 Å². The van der Waals surface area contributed by atoms with Crippen LogP contribution < -0.4 is 10.5 Å². The van der Waals surface area contributed by atoms with E-state index in [1.54, 1.807) is 0 Å². The second-order valence-electron chi connectivity index (χ2n) is 6.48. The number of ether oxygens (including phenoxy) is 1. The number of halogens is 1. The Labute approximate surface area is 120 Å². The van der Waals surface area contributed by atoms with E-state index in [9.17, 15) is 0 Å². The van der Waals surface area contributed by atoms with Gasteiger partial charge in [-0.1, -0.05) is 25.4 Å². The van der Waals surface area contributed by atoms with Gasteiger partial charge in [-0.05, 0) is 49.3 Å². The molecule has 1 aromatic carbocycles. The lowest BCUT2D eigenvalue weighted by Crippen LogP contribution is -2.47. The summed E-state index contributed by atoms with van der Waals surface area (Å²) in [6, 6.07) is 5.86. The van der Waals surface area contributed by atoms with E-state index in [1.807, 2.05) is 18.2 Å². The highest BCUT2D eigenvalue weighted by molar-refractivity contribution is 6.30. The maximum atomic E-state index is 6.37. The molecule has 4 atom stereocenters. The van der Waals surface area contributed by atoms with Crippen molar-refractivity contribution in [3.63, 3.8) is 0 Å². The second-order valence-corrected chi connectivity index (χ2v) is 6.91. The number of hydrogen-bond acceptors (Lipinski definition) is 2. The maximum Gasteiger partial charge on any atom is 0.125 e. The first-order chi connectivity index (χ1) is 8.99. The third-order valence-electron chi connectivity index (χ3n) is 5.01. The van der Waals surface area contributed by atoms with Crippen LogP contribution in [-0.4, -0.2) is 5.60 Å². The zero-order valence-electron chi connectivity index (χ0n) is 11.7. The molecule has 3 unspecified atom stereocenters. The summed E-state index contributed by atoms with van der Waals surface area (Å²) in [7, 11) is 0. The van der Waals surface area contributed by atoms with Gasteiger partial charge in [0, 0.05) is 23.0 Å². The first kappa shape index (κ1) is 13.3. The van der Waals surface area contributed by atoms with Gasteiger partial charge in [0.1, 0.15) is 11.4 Å². The van der Waals surface area contributed by atoms with Crippen LogP contribution in [0.1, 0.15) is 51.1 Å². The van der Waals surface area contributed by atoms with Crippen LogP contribution in [0.5, 0.6) is 5.75 Å². The minimum Gasteiger partial charge on any atom is -0.487 e. The number of nitrogens with two attached hydrogens (primary N) is 1. The molecule has 2 N–H and O–H groups in total. The number of rotatable bonds is 0. The number of benzene rings is 1. The van der Waals surface area contributed by atoms with E-state index in [-0.39, 0.29) is 11.6 Å². The molecule has 2 nitrogen and oxygen atoms in total. The lowest BCUT2D eigenvalue weighted by molar-refractivity contribution is -0.0287. The molecule has 0 bridgehead atoms. The summed E-state index contributed by atoms with van der Waals surface area (Å²) in [6.45, 7) is 4.67. The Bertz CT molecular complexity index is 490. The molecule has 1 aromatic rings. The summed E-state index contributed by atoms with van der Waals surface area (Å²) in [5, 5.41) is 0.736. The molecule has 1 aliphatic carbocycles. The van der Waals surface area contributed by atoms with Crippen molar-refractivity contribution < 1.29 is 4.74 Å². The van der Waals surface area contributed by atoms with Crippen LogP contribution in [0.3, 0.4) is 0 Å². The van der Waals surface area contributed by atoms with Gasteiger partial charge >= 0.3 is 0 Å². The molecule has 1 saturated carbocycles. The molecule has 1 aliphatic heterocycles. The highest BCUT2D eigenvalue weighted by atomic mass is 35.5. The lowest BCUT2D eigenvalue weighted by atomic mass is 9.69. The molecular weight excluding hydrogens is 258 g/mol. The van der Waals surface area contributed by atoms with Crippen molar-refractivity contribution in [2.24, 2.45) is 17.6 Å². The summed E-state index contributed by atoms with van der Waals surface area (Å²) >= 11 is 6.05. The monoisotopic (exact) mass is 279 g/mol. The SMILES string of the molecule is CC1CCC2(CC1C)C[C@@H](N)c1cc(Cl)ccc1O2. The molecule has 19 heavy (non-hydrogen) atoms. The molecule has 0 saturated heterocycles. The van der Waals surface area contributed by atoms with E-state index < -0.39 is 0 Å². The van der Waals surface area contributed by atoms with Gasteiger partial charge in [-0.2, -0.15) is 0 Å². The summed E-state index contributed by atoms with van der Waals surface area (Å²) < 4.78 is 6.37. The van der Waals surface area contributed by atoms with Crippen molar-refractivity contribution >= 4 is 11.6 Å². The van der Waals surface area contributed by atoms with Gasteiger partial charge < -0.3 is 10.5 Å². The summed E-state index contributed by atoms with van der Waals surface area (Å²) in [5.74, 6) is 2.43. The molecule has 2 aliphatic rings. The minimum absolute atomic E-state index is 0.0445. The zero-order chi connectivity index (χ0) is 13.6. The van der Waals surface area contributed by atoms with Crippen LogP contribution in [-0.2, 0) is 0 Å². The van der Waals surface area contributed by atoms with Gasteiger partial charge in [0.25, 0.3) is 0 Å². The van der Waals surface area contributed by atoms with Crippen molar-refractivity contribution in [2.45, 2.75) is 51.2 Å². The quantitative estimate of drug-likeness (QED) is 0.768. The van der Waals surface area contributed by atoms with Gasteiger partial charge in [-0.15, -0.1) is 0 Å². The van der Waals surface area contributed by atoms with E-state index in [0.717, 1.165) is 41.5 Å². The predicted molar refractivity (Wildman–Crippen MR) is 78.5 cm³/mol. The number of fused-ring (bicyclic) bond motifs is 1. The fraction of sp³-hybridized carbons (Fsp3) is 0.625. The van der Waals surface area contributed by atoms with Crippen LogP contribution in [0, 0.1) is 11.8 Å². The standard InChI is InChI=1S/C16H22ClNO/c1-10-5-6-16(8-11(10)2)9-14(18)13-7-12(17)3-4-15(13)19-16/h3-4,7,10-11,14H,5-6,8-9,18H2,1-2H3/t10?,11?,14-,16?/m1/s1. The van der Waals surface area contributed by atoms with Crippen LogP contribution in [0.25, 0.3) is 0 Å². The van der Waals surface area contributed by atoms with E-state index in [1.165, 1.54) is 6.42 Å². The van der Waals surface area contributed by atoms with E-state index in [2.05, 4.69) is 13.8 Å². The summed E-state index contributed by atoms with van der Waals surface area (Å²) in [6.07, 6.45) is 4.38. The maximum absolute atomic E-state index is 6.37. The Morgan fingerprint density at radius 3 is 2.79 bits per heavy atom. The normalized spacial score (nSPS) is 37.8. The minimum atomic E-state index is -0.0494. The van der Waals surface area contributed by atoms with Crippen LogP contribution >= 0.6 is 11.6 Å². The van der Waals surface area contributed by atoms with Crippen LogP contribution in [0.2, 0.25) is 5.02 Å². The van der Waals surface area contributed by atoms with Crippen molar-refractivity contribution in [3.8, 4) is 5.75 Å². The molecular formula is C16H22ClNO. The van der Waals surface area contributed by atoms with Crippen molar-refractivity contribution in [2.75, 3.05) is 0 Å². The van der Waals surface area contributed by atoms with Gasteiger partial charge in [-0.25, -0.2) is 0 Å². The zero-order valence-corrected chi connectivity index (χ0v) is 12.4. The Hall–Kier alpha value is -0.730. The van der Waals surface area contributed by atoms with Crippen molar-refractivity contribution in [3.05, 3.63) is 28.8 Å².